The Morgan fingerprint density at radius 1 is 1.26 bits per heavy atom. The van der Waals surface area contributed by atoms with E-state index in [0.717, 1.165) is 25.1 Å². The third kappa shape index (κ3) is 6.83. The highest BCUT2D eigenvalue weighted by atomic mass is 32.1. The highest BCUT2D eigenvalue weighted by molar-refractivity contribution is 7.80. The maximum Gasteiger partial charge on any atom is 0.341 e. The molecule has 128 valence electrons. The van der Waals surface area contributed by atoms with Crippen molar-refractivity contribution in [1.29, 1.82) is 0 Å². The Kier molecular flexibility index (Phi) is 8.36. The number of benzene rings is 1. The van der Waals surface area contributed by atoms with E-state index in [1.807, 2.05) is 6.07 Å². The molecule has 0 aromatic heterocycles. The fraction of sp³-hybridized carbons (Fsp3) is 0.500. The van der Waals surface area contributed by atoms with E-state index in [-0.39, 0.29) is 0 Å². The van der Waals surface area contributed by atoms with Crippen LogP contribution in [0.15, 0.2) is 18.2 Å². The molecule has 0 saturated heterocycles. The molecule has 0 aliphatic heterocycles. The summed E-state index contributed by atoms with van der Waals surface area (Å²) >= 11 is 5.24. The van der Waals surface area contributed by atoms with Crippen LogP contribution in [-0.4, -0.2) is 52.5 Å². The molecule has 0 saturated carbocycles. The highest BCUT2D eigenvalue weighted by Gasteiger charge is 2.13. The summed E-state index contributed by atoms with van der Waals surface area (Å²) in [5, 5.41) is 6.91. The minimum atomic E-state index is -0.421. The zero-order chi connectivity index (χ0) is 17.2. The Balaban J connectivity index is 2.51. The maximum atomic E-state index is 11.8. The lowest BCUT2D eigenvalue weighted by Gasteiger charge is -2.13. The van der Waals surface area contributed by atoms with Crippen molar-refractivity contribution in [2.24, 2.45) is 0 Å². The fourth-order valence-corrected chi connectivity index (χ4v) is 2.20. The predicted molar refractivity (Wildman–Crippen MR) is 94.1 cm³/mol. The van der Waals surface area contributed by atoms with Gasteiger partial charge < -0.3 is 25.0 Å². The third-order valence-corrected chi connectivity index (χ3v) is 3.55. The number of thiocarbonyl (C=S) groups is 1. The summed E-state index contributed by atoms with van der Waals surface area (Å²) in [7, 11) is 7.12. The molecule has 1 aromatic carbocycles. The topological polar surface area (TPSA) is 64.0 Å². The molecule has 0 bridgehead atoms. The quantitative estimate of drug-likeness (QED) is 0.351. The molecule has 0 aliphatic rings. The van der Waals surface area contributed by atoms with Crippen LogP contribution in [0.1, 0.15) is 22.3 Å². The SMILES string of the molecule is COC(=O)c1cc(CNC(=S)NCCC[NH+](C)C)ccc1OC. The van der Waals surface area contributed by atoms with Gasteiger partial charge in [-0.1, -0.05) is 6.07 Å². The molecular formula is C16H26N3O3S+. The van der Waals surface area contributed by atoms with E-state index >= 15 is 0 Å². The van der Waals surface area contributed by atoms with Crippen LogP contribution in [-0.2, 0) is 11.3 Å². The summed E-state index contributed by atoms with van der Waals surface area (Å²) in [4.78, 5) is 13.2. The average Bonchev–Trinajstić information content (AvgIpc) is 2.55. The van der Waals surface area contributed by atoms with Gasteiger partial charge in [-0.2, -0.15) is 0 Å². The molecule has 0 spiro atoms. The minimum absolute atomic E-state index is 0.405. The summed E-state index contributed by atoms with van der Waals surface area (Å²) in [6.45, 7) is 2.46. The first-order valence-electron chi connectivity index (χ1n) is 7.54. The van der Waals surface area contributed by atoms with Gasteiger partial charge in [0.15, 0.2) is 5.11 Å². The van der Waals surface area contributed by atoms with Crippen molar-refractivity contribution in [3.8, 4) is 5.75 Å². The molecule has 23 heavy (non-hydrogen) atoms. The van der Waals surface area contributed by atoms with Crippen LogP contribution in [0, 0.1) is 0 Å². The van der Waals surface area contributed by atoms with Gasteiger partial charge in [0.2, 0.25) is 0 Å². The van der Waals surface area contributed by atoms with Gasteiger partial charge in [-0.25, -0.2) is 4.79 Å². The van der Waals surface area contributed by atoms with Gasteiger partial charge in [-0.15, -0.1) is 0 Å². The lowest BCUT2D eigenvalue weighted by atomic mass is 10.1. The highest BCUT2D eigenvalue weighted by Crippen LogP contribution is 2.20. The molecule has 0 heterocycles. The van der Waals surface area contributed by atoms with Gasteiger partial charge in [0, 0.05) is 19.5 Å². The number of quaternary nitrogens is 1. The number of nitrogens with one attached hydrogen (secondary N) is 3. The van der Waals surface area contributed by atoms with Gasteiger partial charge >= 0.3 is 5.97 Å². The molecule has 0 atom stereocenters. The van der Waals surface area contributed by atoms with Crippen molar-refractivity contribution in [2.75, 3.05) is 41.4 Å². The first-order chi connectivity index (χ1) is 11.0. The summed E-state index contributed by atoms with van der Waals surface area (Å²) in [5.74, 6) is 0.0723. The maximum absolute atomic E-state index is 11.8. The molecule has 1 rings (SSSR count). The number of hydrogen-bond donors (Lipinski definition) is 3. The van der Waals surface area contributed by atoms with Gasteiger partial charge in [-0.05, 0) is 29.9 Å². The second-order valence-corrected chi connectivity index (χ2v) is 5.85. The molecule has 1 aromatic rings. The first kappa shape index (κ1) is 19.2. The molecule has 6 nitrogen and oxygen atoms in total. The number of ether oxygens (including phenoxy) is 2. The zero-order valence-corrected chi connectivity index (χ0v) is 15.0. The number of hydrogen-bond acceptors (Lipinski definition) is 4. The Morgan fingerprint density at radius 2 is 2.00 bits per heavy atom. The van der Waals surface area contributed by atoms with E-state index < -0.39 is 5.97 Å². The van der Waals surface area contributed by atoms with Crippen LogP contribution < -0.4 is 20.3 Å². The van der Waals surface area contributed by atoms with E-state index in [0.29, 0.717) is 23.0 Å². The van der Waals surface area contributed by atoms with Crippen LogP contribution in [0.25, 0.3) is 0 Å². The first-order valence-corrected chi connectivity index (χ1v) is 7.94. The van der Waals surface area contributed by atoms with Gasteiger partial charge in [0.05, 0.1) is 34.9 Å². The van der Waals surface area contributed by atoms with Crippen molar-refractivity contribution in [3.05, 3.63) is 29.3 Å². The molecule has 3 N–H and O–H groups in total. The largest absolute Gasteiger partial charge is 0.496 e. The van der Waals surface area contributed by atoms with Crippen molar-refractivity contribution in [3.63, 3.8) is 0 Å². The Bertz CT molecular complexity index is 535. The van der Waals surface area contributed by atoms with Crippen LogP contribution in [0.3, 0.4) is 0 Å². The van der Waals surface area contributed by atoms with E-state index in [1.165, 1.54) is 19.1 Å². The molecule has 7 heteroatoms. The van der Waals surface area contributed by atoms with Gasteiger partial charge in [-0.3, -0.25) is 0 Å². The number of methoxy groups -OCH3 is 2. The molecule has 0 amide bonds. The standard InChI is InChI=1S/C16H25N3O3S/c1-19(2)9-5-8-17-16(23)18-11-12-6-7-14(21-3)13(10-12)15(20)22-4/h6-7,10H,5,8-9,11H2,1-4H3,(H2,17,18,23)/p+1. The molecule has 0 unspecified atom stereocenters. The van der Waals surface area contributed by atoms with Crippen LogP contribution in [0.2, 0.25) is 0 Å². The molecule has 0 radical (unpaired) electrons. The van der Waals surface area contributed by atoms with Crippen molar-refractivity contribution < 1.29 is 19.2 Å². The van der Waals surface area contributed by atoms with Gasteiger partial charge in [0.1, 0.15) is 11.3 Å². The zero-order valence-electron chi connectivity index (χ0n) is 14.2. The lowest BCUT2D eigenvalue weighted by molar-refractivity contribution is -0.858. The number of carbonyl (C=O) groups excluding carboxylic acids is 1. The fourth-order valence-electron chi connectivity index (χ4n) is 2.02. The van der Waals surface area contributed by atoms with Crippen molar-refractivity contribution in [2.45, 2.75) is 13.0 Å². The predicted octanol–water partition coefficient (Wildman–Crippen LogP) is -0.0195. The summed E-state index contributed by atoms with van der Waals surface area (Å²) in [6, 6.07) is 5.38. The minimum Gasteiger partial charge on any atom is -0.496 e. The van der Waals surface area contributed by atoms with Crippen molar-refractivity contribution >= 4 is 23.3 Å². The normalized spacial score (nSPS) is 10.3. The summed E-state index contributed by atoms with van der Waals surface area (Å²) in [5.41, 5.74) is 1.33. The Hall–Kier alpha value is -1.86. The van der Waals surface area contributed by atoms with Crippen LogP contribution in [0.5, 0.6) is 5.75 Å². The summed E-state index contributed by atoms with van der Waals surface area (Å²) < 4.78 is 9.94. The summed E-state index contributed by atoms with van der Waals surface area (Å²) in [6.07, 6.45) is 1.05. The average molecular weight is 340 g/mol. The van der Waals surface area contributed by atoms with Gasteiger partial charge in [0.25, 0.3) is 0 Å². The van der Waals surface area contributed by atoms with E-state index in [4.69, 9.17) is 21.7 Å². The second-order valence-electron chi connectivity index (χ2n) is 5.45. The van der Waals surface area contributed by atoms with Crippen molar-refractivity contribution in [1.82, 2.24) is 10.6 Å². The Labute approximate surface area is 143 Å². The number of carbonyl (C=O) groups is 1. The van der Waals surface area contributed by atoms with Crippen LogP contribution in [0.4, 0.5) is 0 Å². The molecular weight excluding hydrogens is 314 g/mol. The smallest absolute Gasteiger partial charge is 0.341 e. The number of esters is 1. The molecule has 0 aliphatic carbocycles. The van der Waals surface area contributed by atoms with E-state index in [2.05, 4.69) is 24.7 Å². The third-order valence-electron chi connectivity index (χ3n) is 3.26. The van der Waals surface area contributed by atoms with E-state index in [1.54, 1.807) is 12.1 Å². The van der Waals surface area contributed by atoms with E-state index in [9.17, 15) is 4.79 Å². The number of rotatable bonds is 8. The van der Waals surface area contributed by atoms with Crippen LogP contribution >= 0.6 is 12.2 Å². The monoisotopic (exact) mass is 340 g/mol. The Morgan fingerprint density at radius 3 is 2.61 bits per heavy atom. The second kappa shape index (κ2) is 10.0. The lowest BCUT2D eigenvalue weighted by Crippen LogP contribution is -3.05. The molecule has 0 fully saturated rings.